The summed E-state index contributed by atoms with van der Waals surface area (Å²) in [6, 6.07) is 6.81. The molecule has 5 nitrogen and oxygen atoms in total. The van der Waals surface area contributed by atoms with Crippen LogP contribution >= 0.6 is 0 Å². The van der Waals surface area contributed by atoms with Crippen LogP contribution in [0.5, 0.6) is 0 Å². The molecule has 0 saturated heterocycles. The Balaban J connectivity index is 2.72. The average Bonchev–Trinajstić information content (AvgIpc) is 2.39. The largest absolute Gasteiger partial charge is 0.371 e. The van der Waals surface area contributed by atoms with Gasteiger partial charge in [0.05, 0.1) is 10.4 Å². The zero-order valence-electron chi connectivity index (χ0n) is 11.4. The number of nitro benzene ring substituents is 1. The molecule has 5 heteroatoms. The number of aromatic nitrogens is 1. The van der Waals surface area contributed by atoms with Gasteiger partial charge >= 0.3 is 0 Å². The number of rotatable bonds is 4. The number of anilines is 1. The molecular weight excluding hydrogens is 242 g/mol. The van der Waals surface area contributed by atoms with Gasteiger partial charge in [0.25, 0.3) is 5.69 Å². The summed E-state index contributed by atoms with van der Waals surface area (Å²) >= 11 is 0. The molecule has 1 aromatic carbocycles. The lowest BCUT2D eigenvalue weighted by Gasteiger charge is -2.23. The van der Waals surface area contributed by atoms with Crippen molar-refractivity contribution in [3.05, 3.63) is 40.1 Å². The summed E-state index contributed by atoms with van der Waals surface area (Å²) in [7, 11) is 0. The van der Waals surface area contributed by atoms with Crippen LogP contribution in [0.1, 0.15) is 19.5 Å². The summed E-state index contributed by atoms with van der Waals surface area (Å²) < 4.78 is 0. The van der Waals surface area contributed by atoms with Crippen LogP contribution in [0.15, 0.2) is 24.3 Å². The summed E-state index contributed by atoms with van der Waals surface area (Å²) in [5.74, 6) is 0. The first-order valence-electron chi connectivity index (χ1n) is 6.37. The maximum Gasteiger partial charge on any atom is 0.270 e. The molecule has 100 valence electrons. The SMILES string of the molecule is CCN(CC)c1cc(C)nc2ccc([N+](=O)[O-])cc12. The van der Waals surface area contributed by atoms with E-state index in [1.54, 1.807) is 12.1 Å². The standard InChI is InChI=1S/C14H17N3O2/c1-4-16(5-2)14-8-10(3)15-13-7-6-11(17(18)19)9-12(13)14/h6-9H,4-5H2,1-3H3. The summed E-state index contributed by atoms with van der Waals surface area (Å²) in [5, 5.41) is 11.7. The first-order valence-corrected chi connectivity index (χ1v) is 6.37. The minimum atomic E-state index is -0.370. The highest BCUT2D eigenvalue weighted by molar-refractivity contribution is 5.93. The lowest BCUT2D eigenvalue weighted by molar-refractivity contribution is -0.384. The van der Waals surface area contributed by atoms with Gasteiger partial charge < -0.3 is 4.90 Å². The quantitative estimate of drug-likeness (QED) is 0.624. The van der Waals surface area contributed by atoms with Crippen LogP contribution in [0.4, 0.5) is 11.4 Å². The van der Waals surface area contributed by atoms with Crippen LogP contribution in [-0.4, -0.2) is 23.0 Å². The Kier molecular flexibility index (Phi) is 3.64. The van der Waals surface area contributed by atoms with E-state index in [0.29, 0.717) is 0 Å². The number of pyridine rings is 1. The Morgan fingerprint density at radius 3 is 2.53 bits per heavy atom. The first-order chi connectivity index (χ1) is 9.06. The molecule has 0 radical (unpaired) electrons. The Bertz CT molecular complexity index is 621. The monoisotopic (exact) mass is 259 g/mol. The van der Waals surface area contributed by atoms with E-state index in [9.17, 15) is 10.1 Å². The fourth-order valence-corrected chi connectivity index (χ4v) is 2.26. The molecule has 2 aromatic rings. The van der Waals surface area contributed by atoms with Gasteiger partial charge in [-0.3, -0.25) is 15.1 Å². The summed E-state index contributed by atoms with van der Waals surface area (Å²) in [4.78, 5) is 17.2. The van der Waals surface area contributed by atoms with E-state index in [1.807, 2.05) is 13.0 Å². The predicted molar refractivity (Wildman–Crippen MR) is 76.7 cm³/mol. The lowest BCUT2D eigenvalue weighted by Crippen LogP contribution is -2.22. The van der Waals surface area contributed by atoms with Gasteiger partial charge in [-0.1, -0.05) is 0 Å². The van der Waals surface area contributed by atoms with Gasteiger partial charge in [-0.2, -0.15) is 0 Å². The topological polar surface area (TPSA) is 59.3 Å². The van der Waals surface area contributed by atoms with E-state index in [4.69, 9.17) is 0 Å². The first kappa shape index (κ1) is 13.3. The molecule has 0 unspecified atom stereocenters. The highest BCUT2D eigenvalue weighted by Gasteiger charge is 2.13. The van der Waals surface area contributed by atoms with Gasteiger partial charge in [0.1, 0.15) is 0 Å². The van der Waals surface area contributed by atoms with Crippen LogP contribution in [0.25, 0.3) is 10.9 Å². The molecule has 2 rings (SSSR count). The van der Waals surface area contributed by atoms with E-state index in [2.05, 4.69) is 23.7 Å². The minimum absolute atomic E-state index is 0.103. The molecule has 1 heterocycles. The van der Waals surface area contributed by atoms with E-state index < -0.39 is 0 Å². The zero-order valence-corrected chi connectivity index (χ0v) is 11.4. The van der Waals surface area contributed by atoms with Crippen LogP contribution in [-0.2, 0) is 0 Å². The highest BCUT2D eigenvalue weighted by Crippen LogP contribution is 2.29. The molecule has 0 aliphatic carbocycles. The number of nitrogens with zero attached hydrogens (tertiary/aromatic N) is 3. The van der Waals surface area contributed by atoms with Gasteiger partial charge in [-0.05, 0) is 32.9 Å². The van der Waals surface area contributed by atoms with Gasteiger partial charge in [-0.15, -0.1) is 0 Å². The van der Waals surface area contributed by atoms with Crippen molar-refractivity contribution in [1.82, 2.24) is 4.98 Å². The minimum Gasteiger partial charge on any atom is -0.371 e. The van der Waals surface area contributed by atoms with Crippen LogP contribution in [0.3, 0.4) is 0 Å². The van der Waals surface area contributed by atoms with Gasteiger partial charge in [0.2, 0.25) is 0 Å². The van der Waals surface area contributed by atoms with Gasteiger partial charge in [0.15, 0.2) is 0 Å². The van der Waals surface area contributed by atoms with Crippen molar-refractivity contribution in [3.63, 3.8) is 0 Å². The van der Waals surface area contributed by atoms with Crippen molar-refractivity contribution >= 4 is 22.3 Å². The number of nitro groups is 1. The molecule has 1 aromatic heterocycles. The Hall–Kier alpha value is -2.17. The van der Waals surface area contributed by atoms with Crippen LogP contribution in [0.2, 0.25) is 0 Å². The van der Waals surface area contributed by atoms with Crippen molar-refractivity contribution < 1.29 is 4.92 Å². The van der Waals surface area contributed by atoms with Gasteiger partial charge in [0, 0.05) is 42.0 Å². The Labute approximate surface area is 112 Å². The maximum atomic E-state index is 10.9. The fraction of sp³-hybridized carbons (Fsp3) is 0.357. The molecule has 0 aliphatic rings. The normalized spacial score (nSPS) is 10.7. The molecule has 0 amide bonds. The molecule has 0 spiro atoms. The lowest BCUT2D eigenvalue weighted by atomic mass is 10.1. The molecule has 0 atom stereocenters. The third-order valence-corrected chi connectivity index (χ3v) is 3.21. The highest BCUT2D eigenvalue weighted by atomic mass is 16.6. The number of fused-ring (bicyclic) bond motifs is 1. The zero-order chi connectivity index (χ0) is 14.0. The molecule has 0 N–H and O–H groups in total. The molecule has 0 saturated carbocycles. The molecule has 0 aliphatic heterocycles. The van der Waals surface area contributed by atoms with E-state index >= 15 is 0 Å². The number of hydrogen-bond acceptors (Lipinski definition) is 4. The second kappa shape index (κ2) is 5.22. The fourth-order valence-electron chi connectivity index (χ4n) is 2.26. The molecular formula is C14H17N3O2. The number of benzene rings is 1. The summed E-state index contributed by atoms with van der Waals surface area (Å²) in [5.41, 5.74) is 2.83. The van der Waals surface area contributed by atoms with E-state index in [1.165, 1.54) is 6.07 Å². The molecule has 19 heavy (non-hydrogen) atoms. The summed E-state index contributed by atoms with van der Waals surface area (Å²) in [6.07, 6.45) is 0. The maximum absolute atomic E-state index is 10.9. The smallest absolute Gasteiger partial charge is 0.270 e. The van der Waals surface area contributed by atoms with Crippen molar-refractivity contribution in [1.29, 1.82) is 0 Å². The van der Waals surface area contributed by atoms with Crippen molar-refractivity contribution in [2.75, 3.05) is 18.0 Å². The number of hydrogen-bond donors (Lipinski definition) is 0. The second-order valence-corrected chi connectivity index (χ2v) is 4.41. The average molecular weight is 259 g/mol. The van der Waals surface area contributed by atoms with E-state index in [0.717, 1.165) is 35.4 Å². The number of non-ortho nitro benzene ring substituents is 1. The van der Waals surface area contributed by atoms with Crippen LogP contribution in [0, 0.1) is 17.0 Å². The van der Waals surface area contributed by atoms with Crippen molar-refractivity contribution in [2.24, 2.45) is 0 Å². The third-order valence-electron chi connectivity index (χ3n) is 3.21. The van der Waals surface area contributed by atoms with Gasteiger partial charge in [-0.25, -0.2) is 0 Å². The second-order valence-electron chi connectivity index (χ2n) is 4.41. The Morgan fingerprint density at radius 1 is 1.26 bits per heavy atom. The van der Waals surface area contributed by atoms with Crippen molar-refractivity contribution in [2.45, 2.75) is 20.8 Å². The summed E-state index contributed by atoms with van der Waals surface area (Å²) in [6.45, 7) is 7.80. The number of aryl methyl sites for hydroxylation is 1. The van der Waals surface area contributed by atoms with Crippen molar-refractivity contribution in [3.8, 4) is 0 Å². The molecule has 0 fully saturated rings. The predicted octanol–water partition coefficient (Wildman–Crippen LogP) is 3.30. The third kappa shape index (κ3) is 2.50. The van der Waals surface area contributed by atoms with Crippen LogP contribution < -0.4 is 4.90 Å². The van der Waals surface area contributed by atoms with E-state index in [-0.39, 0.29) is 10.6 Å². The molecule has 0 bridgehead atoms. The Morgan fingerprint density at radius 2 is 1.95 bits per heavy atom.